The molecule has 11 heteroatoms. The Kier molecular flexibility index (Phi) is 6.38. The van der Waals surface area contributed by atoms with Crippen molar-refractivity contribution in [3.05, 3.63) is 78.4 Å². The Hall–Kier alpha value is -4.51. The lowest BCUT2D eigenvalue weighted by Gasteiger charge is -2.27. The smallest absolute Gasteiger partial charge is 0.393 e. The van der Waals surface area contributed by atoms with Crippen molar-refractivity contribution in [3.8, 4) is 16.8 Å². The minimum Gasteiger partial charge on any atom is -0.393 e. The Morgan fingerprint density at radius 2 is 1.77 bits per heavy atom. The van der Waals surface area contributed by atoms with Crippen LogP contribution in [0, 0.1) is 0 Å². The molecule has 1 saturated carbocycles. The molecule has 3 aromatic heterocycles. The summed E-state index contributed by atoms with van der Waals surface area (Å²) in [5.74, 6) is -0.766. The van der Waals surface area contributed by atoms with Gasteiger partial charge in [-0.15, -0.1) is 0 Å². The van der Waals surface area contributed by atoms with E-state index in [4.69, 9.17) is 5.73 Å². The number of fused-ring (bicyclic) bond motifs is 2. The molecule has 1 aliphatic rings. The van der Waals surface area contributed by atoms with Crippen LogP contribution < -0.4 is 11.1 Å². The Balaban J connectivity index is 1.50. The molecule has 0 aliphatic heterocycles. The summed E-state index contributed by atoms with van der Waals surface area (Å²) in [6.07, 6.45) is 0.248. The van der Waals surface area contributed by atoms with Gasteiger partial charge in [-0.3, -0.25) is 9.78 Å². The number of carbonyl (C=O) groups is 1. The number of primary amides is 1. The number of aliphatic hydroxyl groups excluding tert-OH is 1. The number of nitrogens with zero attached hydrogens (tertiary/aromatic N) is 4. The number of pyridine rings is 2. The monoisotopic (exact) mass is 546 g/mol. The standard InChI is InChI=1S/C29H25F3N6O2/c30-29(31,32)27-25-21(17-12-16-4-1-2-6-22(16)34-14-17)5-3-7-24(25)38(37-27)19-13-23(26(28(33)40)35-15-19)36-18-8-10-20(39)11-9-18/h1-7,12-15,18,20,36,39H,8-11H2,(H2,33,40)/t18-,20-. The first-order valence-corrected chi connectivity index (χ1v) is 12.9. The molecule has 0 atom stereocenters. The average Bonchev–Trinajstić information content (AvgIpc) is 3.35. The fourth-order valence-corrected chi connectivity index (χ4v) is 5.34. The maximum Gasteiger partial charge on any atom is 0.435 e. The number of amides is 1. The molecule has 0 spiro atoms. The average molecular weight is 547 g/mol. The second-order valence-electron chi connectivity index (χ2n) is 9.98. The topological polar surface area (TPSA) is 119 Å². The number of para-hydroxylation sites is 1. The second-order valence-corrected chi connectivity index (χ2v) is 9.98. The van der Waals surface area contributed by atoms with Crippen LogP contribution in [-0.4, -0.2) is 42.9 Å². The van der Waals surface area contributed by atoms with E-state index >= 15 is 0 Å². The molecule has 2 aromatic carbocycles. The summed E-state index contributed by atoms with van der Waals surface area (Å²) in [4.78, 5) is 20.7. The van der Waals surface area contributed by atoms with Gasteiger partial charge in [0.15, 0.2) is 11.4 Å². The predicted molar refractivity (Wildman–Crippen MR) is 145 cm³/mol. The number of benzene rings is 2. The number of rotatable bonds is 5. The first kappa shape index (κ1) is 25.8. The minimum atomic E-state index is -4.74. The number of aromatic nitrogens is 4. The number of nitrogens with one attached hydrogen (secondary N) is 1. The first-order valence-electron chi connectivity index (χ1n) is 12.9. The Bertz CT molecular complexity index is 1740. The maximum absolute atomic E-state index is 14.4. The van der Waals surface area contributed by atoms with Gasteiger partial charge in [-0.25, -0.2) is 9.67 Å². The number of nitrogens with two attached hydrogens (primary N) is 1. The van der Waals surface area contributed by atoms with Crippen molar-refractivity contribution in [1.29, 1.82) is 0 Å². The van der Waals surface area contributed by atoms with E-state index in [0.717, 1.165) is 10.9 Å². The van der Waals surface area contributed by atoms with E-state index in [0.29, 0.717) is 42.5 Å². The highest BCUT2D eigenvalue weighted by atomic mass is 19.4. The minimum absolute atomic E-state index is 0.0229. The lowest BCUT2D eigenvalue weighted by Crippen LogP contribution is -2.29. The molecule has 0 radical (unpaired) electrons. The van der Waals surface area contributed by atoms with Crippen LogP contribution in [0.1, 0.15) is 41.9 Å². The van der Waals surface area contributed by atoms with E-state index in [-0.39, 0.29) is 34.4 Å². The molecule has 0 saturated heterocycles. The molecule has 1 amide bonds. The second kappa shape index (κ2) is 9.91. The van der Waals surface area contributed by atoms with Crippen molar-refractivity contribution >= 4 is 33.4 Å². The highest BCUT2D eigenvalue weighted by Gasteiger charge is 2.38. The zero-order valence-corrected chi connectivity index (χ0v) is 21.2. The summed E-state index contributed by atoms with van der Waals surface area (Å²) in [5.41, 5.74) is 6.85. The number of halogens is 3. The lowest BCUT2D eigenvalue weighted by atomic mass is 9.93. The molecule has 40 heavy (non-hydrogen) atoms. The summed E-state index contributed by atoms with van der Waals surface area (Å²) in [6.45, 7) is 0. The number of hydrogen-bond donors (Lipinski definition) is 3. The summed E-state index contributed by atoms with van der Waals surface area (Å²) in [6, 6.07) is 15.5. The Labute approximate surface area is 226 Å². The maximum atomic E-state index is 14.4. The zero-order valence-electron chi connectivity index (χ0n) is 21.2. The van der Waals surface area contributed by atoms with Gasteiger partial charge in [0.2, 0.25) is 0 Å². The molecular weight excluding hydrogens is 521 g/mol. The fourth-order valence-electron chi connectivity index (χ4n) is 5.34. The van der Waals surface area contributed by atoms with Crippen LogP contribution in [0.2, 0.25) is 0 Å². The molecule has 6 rings (SSSR count). The molecule has 0 bridgehead atoms. The van der Waals surface area contributed by atoms with Gasteiger partial charge in [0.25, 0.3) is 5.91 Å². The fraction of sp³-hybridized carbons (Fsp3) is 0.241. The number of carbonyl (C=O) groups excluding carboxylic acids is 1. The van der Waals surface area contributed by atoms with E-state index < -0.39 is 17.8 Å². The summed E-state index contributed by atoms with van der Waals surface area (Å²) >= 11 is 0. The molecule has 1 aliphatic carbocycles. The number of alkyl halides is 3. The van der Waals surface area contributed by atoms with Gasteiger partial charge < -0.3 is 16.2 Å². The largest absolute Gasteiger partial charge is 0.435 e. The van der Waals surface area contributed by atoms with Crippen molar-refractivity contribution in [1.82, 2.24) is 19.7 Å². The highest BCUT2D eigenvalue weighted by Crippen LogP contribution is 2.40. The van der Waals surface area contributed by atoms with Gasteiger partial charge in [0.1, 0.15) is 0 Å². The number of hydrogen-bond acceptors (Lipinski definition) is 6. The van der Waals surface area contributed by atoms with Crippen LogP contribution in [0.15, 0.2) is 67.0 Å². The molecule has 204 valence electrons. The first-order chi connectivity index (χ1) is 19.2. The quantitative estimate of drug-likeness (QED) is 0.269. The lowest BCUT2D eigenvalue weighted by molar-refractivity contribution is -0.140. The van der Waals surface area contributed by atoms with Crippen molar-refractivity contribution < 1.29 is 23.1 Å². The molecule has 8 nitrogen and oxygen atoms in total. The van der Waals surface area contributed by atoms with E-state index in [1.807, 2.05) is 24.3 Å². The SMILES string of the molecule is NC(=O)c1ncc(-n2nc(C(F)(F)F)c3c(-c4cnc5ccccc5c4)cccc32)cc1N[C@H]1CC[C@H](O)CC1. The third-order valence-corrected chi connectivity index (χ3v) is 7.29. The van der Waals surface area contributed by atoms with Gasteiger partial charge >= 0.3 is 6.18 Å². The van der Waals surface area contributed by atoms with Gasteiger partial charge in [0.05, 0.1) is 34.7 Å². The highest BCUT2D eigenvalue weighted by molar-refractivity contribution is 6.00. The predicted octanol–water partition coefficient (Wildman–Crippen LogP) is 5.47. The normalized spacial score (nSPS) is 17.8. The summed E-state index contributed by atoms with van der Waals surface area (Å²) in [7, 11) is 0. The molecule has 1 fully saturated rings. The molecule has 0 unspecified atom stereocenters. The van der Waals surface area contributed by atoms with Crippen LogP contribution in [0.4, 0.5) is 18.9 Å². The number of anilines is 1. The van der Waals surface area contributed by atoms with E-state index in [9.17, 15) is 23.1 Å². The zero-order chi connectivity index (χ0) is 28.0. The van der Waals surface area contributed by atoms with Gasteiger partial charge in [0, 0.05) is 28.6 Å². The van der Waals surface area contributed by atoms with Gasteiger partial charge in [-0.1, -0.05) is 30.3 Å². The molecule has 3 heterocycles. The third kappa shape index (κ3) is 4.73. The van der Waals surface area contributed by atoms with E-state index in [2.05, 4.69) is 20.4 Å². The van der Waals surface area contributed by atoms with Gasteiger partial charge in [-0.05, 0) is 55.5 Å². The van der Waals surface area contributed by atoms with Crippen molar-refractivity contribution in [3.63, 3.8) is 0 Å². The van der Waals surface area contributed by atoms with Crippen LogP contribution in [0.25, 0.3) is 38.6 Å². The van der Waals surface area contributed by atoms with Crippen LogP contribution >= 0.6 is 0 Å². The molecular formula is C29H25F3N6O2. The number of aliphatic hydroxyl groups is 1. The van der Waals surface area contributed by atoms with Crippen LogP contribution in [-0.2, 0) is 6.18 Å². The summed E-state index contributed by atoms with van der Waals surface area (Å²) in [5, 5.41) is 17.8. The Morgan fingerprint density at radius 3 is 2.52 bits per heavy atom. The molecule has 5 aromatic rings. The van der Waals surface area contributed by atoms with Crippen molar-refractivity contribution in [2.24, 2.45) is 5.73 Å². The van der Waals surface area contributed by atoms with Crippen molar-refractivity contribution in [2.45, 2.75) is 44.0 Å². The third-order valence-electron chi connectivity index (χ3n) is 7.29. The van der Waals surface area contributed by atoms with Crippen molar-refractivity contribution in [2.75, 3.05) is 5.32 Å². The summed E-state index contributed by atoms with van der Waals surface area (Å²) < 4.78 is 44.3. The van der Waals surface area contributed by atoms with Crippen LogP contribution in [0.5, 0.6) is 0 Å². The van der Waals surface area contributed by atoms with Gasteiger partial charge in [-0.2, -0.15) is 18.3 Å². The van der Waals surface area contributed by atoms with E-state index in [1.165, 1.54) is 16.9 Å². The van der Waals surface area contributed by atoms with Crippen LogP contribution in [0.3, 0.4) is 0 Å². The molecule has 4 N–H and O–H groups in total. The van der Waals surface area contributed by atoms with E-state index in [1.54, 1.807) is 30.5 Å². The Morgan fingerprint density at radius 1 is 1.00 bits per heavy atom.